The molecule has 8 heteroatoms. The summed E-state index contributed by atoms with van der Waals surface area (Å²) in [5.74, 6) is -0.954. The number of hydrogen-bond donors (Lipinski definition) is 0. The molecule has 1 atom stereocenters. The van der Waals surface area contributed by atoms with Crippen LogP contribution in [0.15, 0.2) is 48.5 Å². The van der Waals surface area contributed by atoms with Gasteiger partial charge in [-0.1, -0.05) is 36.4 Å². The second-order valence-electron chi connectivity index (χ2n) is 6.05. The number of ether oxygens (including phenoxy) is 2. The van der Waals surface area contributed by atoms with Crippen LogP contribution in [-0.4, -0.2) is 41.5 Å². The molecule has 0 aromatic heterocycles. The van der Waals surface area contributed by atoms with Crippen LogP contribution in [0, 0.1) is 10.1 Å². The lowest BCUT2D eigenvalue weighted by molar-refractivity contribution is -0.385. The predicted octanol–water partition coefficient (Wildman–Crippen LogP) is 2.10. The van der Waals surface area contributed by atoms with Crippen LogP contribution >= 0.6 is 0 Å². The predicted molar refractivity (Wildman–Crippen MR) is 95.1 cm³/mol. The smallest absolute Gasteiger partial charge is 0.328 e. The van der Waals surface area contributed by atoms with Crippen molar-refractivity contribution in [1.82, 2.24) is 4.90 Å². The van der Waals surface area contributed by atoms with Crippen molar-refractivity contribution in [3.05, 3.63) is 69.8 Å². The van der Waals surface area contributed by atoms with E-state index >= 15 is 0 Å². The number of benzene rings is 2. The van der Waals surface area contributed by atoms with Crippen molar-refractivity contribution in [2.75, 3.05) is 13.7 Å². The fraction of sp³-hybridized carbons (Fsp3) is 0.263. The van der Waals surface area contributed by atoms with E-state index in [0.29, 0.717) is 6.42 Å². The van der Waals surface area contributed by atoms with E-state index in [1.807, 2.05) is 24.3 Å². The number of hydrogen-bond acceptors (Lipinski definition) is 6. The zero-order valence-electron chi connectivity index (χ0n) is 14.7. The van der Waals surface area contributed by atoms with Crippen molar-refractivity contribution in [2.45, 2.75) is 19.0 Å². The van der Waals surface area contributed by atoms with Crippen LogP contribution in [0.5, 0.6) is 5.75 Å². The Balaban J connectivity index is 1.78. The van der Waals surface area contributed by atoms with Gasteiger partial charge in [-0.3, -0.25) is 14.9 Å². The number of esters is 1. The Hall–Kier alpha value is -3.42. The van der Waals surface area contributed by atoms with E-state index in [2.05, 4.69) is 0 Å². The lowest BCUT2D eigenvalue weighted by atomic mass is 9.94. The van der Waals surface area contributed by atoms with Crippen LogP contribution in [0.4, 0.5) is 5.69 Å². The normalized spacial score (nSPS) is 15.6. The van der Waals surface area contributed by atoms with Gasteiger partial charge < -0.3 is 14.4 Å². The minimum absolute atomic E-state index is 0.00266. The summed E-state index contributed by atoms with van der Waals surface area (Å²) in [4.78, 5) is 36.8. The molecule has 0 saturated heterocycles. The number of carbonyl (C=O) groups excluding carboxylic acids is 2. The van der Waals surface area contributed by atoms with E-state index < -0.39 is 29.4 Å². The molecule has 1 aliphatic heterocycles. The van der Waals surface area contributed by atoms with Gasteiger partial charge in [-0.2, -0.15) is 0 Å². The van der Waals surface area contributed by atoms with E-state index in [0.717, 1.165) is 11.1 Å². The number of para-hydroxylation sites is 2. The average Bonchev–Trinajstić information content (AvgIpc) is 2.70. The summed E-state index contributed by atoms with van der Waals surface area (Å²) in [5, 5.41) is 11.1. The van der Waals surface area contributed by atoms with E-state index in [1.54, 1.807) is 6.07 Å². The number of amides is 1. The molecular formula is C19H18N2O6. The minimum Gasteiger partial charge on any atom is -0.477 e. The van der Waals surface area contributed by atoms with Gasteiger partial charge in [-0.25, -0.2) is 4.79 Å². The maximum Gasteiger partial charge on any atom is 0.328 e. The maximum atomic E-state index is 12.7. The highest BCUT2D eigenvalue weighted by atomic mass is 16.6. The van der Waals surface area contributed by atoms with E-state index in [9.17, 15) is 19.7 Å². The molecule has 2 aromatic carbocycles. The number of nitrogens with zero attached hydrogens (tertiary/aromatic N) is 2. The zero-order chi connectivity index (χ0) is 19.4. The maximum absolute atomic E-state index is 12.7. The zero-order valence-corrected chi connectivity index (χ0v) is 14.7. The molecular weight excluding hydrogens is 352 g/mol. The van der Waals surface area contributed by atoms with Crippen molar-refractivity contribution < 1.29 is 24.0 Å². The van der Waals surface area contributed by atoms with Gasteiger partial charge in [0, 0.05) is 19.0 Å². The topological polar surface area (TPSA) is 99.0 Å². The van der Waals surface area contributed by atoms with Crippen molar-refractivity contribution >= 4 is 17.6 Å². The molecule has 27 heavy (non-hydrogen) atoms. The molecule has 3 rings (SSSR count). The highest BCUT2D eigenvalue weighted by Gasteiger charge is 2.35. The Morgan fingerprint density at radius 3 is 2.52 bits per heavy atom. The van der Waals surface area contributed by atoms with Gasteiger partial charge in [0.25, 0.3) is 5.91 Å². The molecule has 0 fully saturated rings. The fourth-order valence-electron chi connectivity index (χ4n) is 3.08. The third-order valence-corrected chi connectivity index (χ3v) is 4.46. The van der Waals surface area contributed by atoms with Gasteiger partial charge >= 0.3 is 11.7 Å². The molecule has 0 N–H and O–H groups in total. The summed E-state index contributed by atoms with van der Waals surface area (Å²) in [6.45, 7) is -0.171. The molecule has 0 aliphatic carbocycles. The molecule has 0 radical (unpaired) electrons. The standard InChI is InChI=1S/C19H18N2O6/c1-26-19(23)16-10-13-6-2-3-7-14(13)11-20(16)18(22)12-27-17-9-5-4-8-15(17)21(24)25/h2-9,16H,10-12H2,1H3/t16-/m0/s1. The number of fused-ring (bicyclic) bond motifs is 1. The minimum atomic E-state index is -0.758. The van der Waals surface area contributed by atoms with Gasteiger partial charge in [0.1, 0.15) is 6.04 Å². The summed E-state index contributed by atoms with van der Waals surface area (Å²) in [6.07, 6.45) is 0.347. The van der Waals surface area contributed by atoms with Crippen LogP contribution in [0.2, 0.25) is 0 Å². The van der Waals surface area contributed by atoms with Gasteiger partial charge in [0.2, 0.25) is 0 Å². The lowest BCUT2D eigenvalue weighted by Crippen LogP contribution is -2.50. The quantitative estimate of drug-likeness (QED) is 0.454. The van der Waals surface area contributed by atoms with Crippen molar-refractivity contribution in [3.63, 3.8) is 0 Å². The second-order valence-corrected chi connectivity index (χ2v) is 6.05. The molecule has 0 saturated carbocycles. The Bertz CT molecular complexity index is 882. The van der Waals surface area contributed by atoms with Crippen LogP contribution in [0.3, 0.4) is 0 Å². The average molecular weight is 370 g/mol. The van der Waals surface area contributed by atoms with Gasteiger partial charge in [0.15, 0.2) is 12.4 Å². The first-order valence-electron chi connectivity index (χ1n) is 8.31. The number of nitro groups is 1. The first-order chi connectivity index (χ1) is 13.0. The third-order valence-electron chi connectivity index (χ3n) is 4.46. The monoisotopic (exact) mass is 370 g/mol. The van der Waals surface area contributed by atoms with Crippen LogP contribution < -0.4 is 4.74 Å². The van der Waals surface area contributed by atoms with Gasteiger partial charge in [0.05, 0.1) is 12.0 Å². The van der Waals surface area contributed by atoms with Crippen LogP contribution in [0.1, 0.15) is 11.1 Å². The Kier molecular flexibility index (Phi) is 5.35. The van der Waals surface area contributed by atoms with E-state index in [1.165, 1.54) is 30.2 Å². The number of carbonyl (C=O) groups is 2. The molecule has 2 aromatic rings. The second kappa shape index (κ2) is 7.86. The number of methoxy groups -OCH3 is 1. The lowest BCUT2D eigenvalue weighted by Gasteiger charge is -2.35. The Labute approximate surface area is 155 Å². The van der Waals surface area contributed by atoms with Crippen LogP contribution in [0.25, 0.3) is 0 Å². The van der Waals surface area contributed by atoms with E-state index in [-0.39, 0.29) is 18.0 Å². The molecule has 8 nitrogen and oxygen atoms in total. The third kappa shape index (κ3) is 3.89. The molecule has 140 valence electrons. The van der Waals surface area contributed by atoms with Crippen molar-refractivity contribution in [1.29, 1.82) is 0 Å². The molecule has 0 spiro atoms. The summed E-state index contributed by atoms with van der Waals surface area (Å²) in [7, 11) is 1.27. The Morgan fingerprint density at radius 2 is 1.81 bits per heavy atom. The number of rotatable bonds is 5. The SMILES string of the molecule is COC(=O)[C@@H]1Cc2ccccc2CN1C(=O)COc1ccccc1[N+](=O)[O-]. The Morgan fingerprint density at radius 1 is 1.15 bits per heavy atom. The van der Waals surface area contributed by atoms with Crippen LogP contribution in [-0.2, 0) is 27.3 Å². The fourth-order valence-corrected chi connectivity index (χ4v) is 3.08. The van der Waals surface area contributed by atoms with Gasteiger partial charge in [-0.05, 0) is 17.2 Å². The molecule has 0 unspecified atom stereocenters. The molecule has 1 heterocycles. The van der Waals surface area contributed by atoms with Gasteiger partial charge in [-0.15, -0.1) is 0 Å². The molecule has 0 bridgehead atoms. The largest absolute Gasteiger partial charge is 0.477 e. The number of nitro benzene ring substituents is 1. The highest BCUT2D eigenvalue weighted by Crippen LogP contribution is 2.27. The summed E-state index contributed by atoms with van der Waals surface area (Å²) < 4.78 is 10.2. The van der Waals surface area contributed by atoms with Crippen molar-refractivity contribution in [2.24, 2.45) is 0 Å². The summed E-state index contributed by atoms with van der Waals surface area (Å²) in [5.41, 5.74) is 1.70. The highest BCUT2D eigenvalue weighted by molar-refractivity contribution is 5.86. The molecule has 1 aliphatic rings. The first kappa shape index (κ1) is 18.4. The summed E-state index contributed by atoms with van der Waals surface area (Å²) >= 11 is 0. The summed E-state index contributed by atoms with van der Waals surface area (Å²) in [6, 6.07) is 12.6. The van der Waals surface area contributed by atoms with Crippen molar-refractivity contribution in [3.8, 4) is 5.75 Å². The van der Waals surface area contributed by atoms with E-state index in [4.69, 9.17) is 9.47 Å². The molecule has 1 amide bonds. The first-order valence-corrected chi connectivity index (χ1v) is 8.31.